The Morgan fingerprint density at radius 2 is 1.73 bits per heavy atom. The molecule has 0 heterocycles. The lowest BCUT2D eigenvalue weighted by Gasteiger charge is -2.35. The highest BCUT2D eigenvalue weighted by Gasteiger charge is 2.35. The molecule has 11 heavy (non-hydrogen) atoms. The van der Waals surface area contributed by atoms with E-state index in [1.165, 1.54) is 0 Å². The molecule has 0 saturated heterocycles. The second-order valence-corrected chi connectivity index (χ2v) is 10.1. The van der Waals surface area contributed by atoms with E-state index < -0.39 is 8.07 Å². The third-order valence-corrected chi connectivity index (χ3v) is 4.44. The highest BCUT2D eigenvalue weighted by atomic mass is 28.3. The summed E-state index contributed by atoms with van der Waals surface area (Å²) in [5, 5.41) is 9.90. The highest BCUT2D eigenvalue weighted by Crippen LogP contribution is 2.28. The summed E-state index contributed by atoms with van der Waals surface area (Å²) in [6, 6.07) is 0. The molecule has 0 aliphatic rings. The number of hydrogen-bond acceptors (Lipinski definition) is 1. The molecular weight excluding hydrogens is 152 g/mol. The molecule has 0 aliphatic carbocycles. The van der Waals surface area contributed by atoms with Gasteiger partial charge in [0, 0.05) is 5.41 Å². The molecule has 0 bridgehead atoms. The number of hydrogen-bond donors (Lipinski definition) is 1. The summed E-state index contributed by atoms with van der Waals surface area (Å²) in [6.45, 7) is 14.3. The van der Waals surface area contributed by atoms with Crippen LogP contribution in [-0.4, -0.2) is 18.9 Å². The standard InChI is InChI=1S/C9H20OSi/c1-7-9(2,3)8(10)11(4,5)6/h7-8,10H,1H2,2-6H3. The van der Waals surface area contributed by atoms with Crippen molar-refractivity contribution in [3.8, 4) is 0 Å². The SMILES string of the molecule is C=CC(C)(C)C(O)[Si](C)(C)C. The first-order valence-electron chi connectivity index (χ1n) is 4.03. The first-order valence-corrected chi connectivity index (χ1v) is 7.61. The van der Waals surface area contributed by atoms with Gasteiger partial charge in [-0.25, -0.2) is 0 Å². The Hall–Kier alpha value is -0.0831. The van der Waals surface area contributed by atoms with E-state index in [1.54, 1.807) is 0 Å². The van der Waals surface area contributed by atoms with Gasteiger partial charge < -0.3 is 5.11 Å². The lowest BCUT2D eigenvalue weighted by molar-refractivity contribution is 0.146. The van der Waals surface area contributed by atoms with Gasteiger partial charge in [0.25, 0.3) is 0 Å². The summed E-state index contributed by atoms with van der Waals surface area (Å²) in [6.07, 6.45) is 1.84. The van der Waals surface area contributed by atoms with Crippen LogP contribution in [0.15, 0.2) is 12.7 Å². The summed E-state index contributed by atoms with van der Waals surface area (Å²) >= 11 is 0. The van der Waals surface area contributed by atoms with E-state index in [1.807, 2.05) is 19.9 Å². The van der Waals surface area contributed by atoms with Crippen LogP contribution in [0.2, 0.25) is 19.6 Å². The van der Waals surface area contributed by atoms with Gasteiger partial charge >= 0.3 is 0 Å². The summed E-state index contributed by atoms with van der Waals surface area (Å²) < 4.78 is 0. The summed E-state index contributed by atoms with van der Waals surface area (Å²) in [4.78, 5) is 0. The fourth-order valence-electron chi connectivity index (χ4n) is 1.23. The Morgan fingerprint density at radius 1 is 1.36 bits per heavy atom. The van der Waals surface area contributed by atoms with E-state index >= 15 is 0 Å². The summed E-state index contributed by atoms with van der Waals surface area (Å²) in [5.41, 5.74) is -0.336. The van der Waals surface area contributed by atoms with Gasteiger partial charge in [0.1, 0.15) is 0 Å². The number of rotatable bonds is 3. The maximum Gasteiger partial charge on any atom is 0.0792 e. The molecule has 0 amide bonds. The van der Waals surface area contributed by atoms with Gasteiger partial charge in [-0.15, -0.1) is 6.58 Å². The zero-order chi connectivity index (χ0) is 9.28. The van der Waals surface area contributed by atoms with Gasteiger partial charge in [0.05, 0.1) is 13.8 Å². The molecule has 0 aromatic heterocycles. The van der Waals surface area contributed by atoms with Crippen LogP contribution in [0.5, 0.6) is 0 Å². The third-order valence-electron chi connectivity index (χ3n) is 2.05. The van der Waals surface area contributed by atoms with Crippen molar-refractivity contribution in [2.75, 3.05) is 0 Å². The molecule has 1 nitrogen and oxygen atoms in total. The molecule has 0 fully saturated rings. The van der Waals surface area contributed by atoms with E-state index in [-0.39, 0.29) is 11.1 Å². The lowest BCUT2D eigenvalue weighted by atomic mass is 9.95. The minimum atomic E-state index is -1.43. The van der Waals surface area contributed by atoms with E-state index in [0.717, 1.165) is 0 Å². The molecule has 0 rings (SSSR count). The Bertz CT molecular complexity index is 144. The lowest BCUT2D eigenvalue weighted by Crippen LogP contribution is -2.47. The van der Waals surface area contributed by atoms with E-state index in [9.17, 15) is 5.11 Å². The van der Waals surface area contributed by atoms with Crippen molar-refractivity contribution in [2.45, 2.75) is 39.2 Å². The Kier molecular flexibility index (Phi) is 3.09. The Balaban J connectivity index is 4.48. The molecule has 0 aromatic carbocycles. The molecule has 0 spiro atoms. The van der Waals surface area contributed by atoms with Crippen molar-refractivity contribution >= 4 is 8.07 Å². The third kappa shape index (κ3) is 2.79. The van der Waals surface area contributed by atoms with Gasteiger partial charge in [0.2, 0.25) is 0 Å². The zero-order valence-corrected chi connectivity index (χ0v) is 9.31. The second kappa shape index (κ2) is 3.11. The van der Waals surface area contributed by atoms with E-state index in [2.05, 4.69) is 26.2 Å². The quantitative estimate of drug-likeness (QED) is 0.512. The molecule has 1 N–H and O–H groups in total. The Labute approximate surface area is 71.1 Å². The second-order valence-electron chi connectivity index (χ2n) is 4.79. The predicted molar refractivity (Wildman–Crippen MR) is 53.3 cm³/mol. The van der Waals surface area contributed by atoms with Crippen LogP contribution >= 0.6 is 0 Å². The highest BCUT2D eigenvalue weighted by molar-refractivity contribution is 6.77. The molecule has 0 aromatic rings. The number of aliphatic hydroxyl groups excluding tert-OH is 1. The van der Waals surface area contributed by atoms with Crippen LogP contribution in [0, 0.1) is 5.41 Å². The largest absolute Gasteiger partial charge is 0.396 e. The smallest absolute Gasteiger partial charge is 0.0792 e. The molecule has 0 aliphatic heterocycles. The van der Waals surface area contributed by atoms with Crippen molar-refractivity contribution in [3.63, 3.8) is 0 Å². The first kappa shape index (κ1) is 10.9. The minimum Gasteiger partial charge on any atom is -0.396 e. The van der Waals surface area contributed by atoms with Crippen LogP contribution in [0.25, 0.3) is 0 Å². The van der Waals surface area contributed by atoms with Crippen molar-refractivity contribution in [3.05, 3.63) is 12.7 Å². The van der Waals surface area contributed by atoms with Gasteiger partial charge in [-0.05, 0) is 0 Å². The molecule has 1 atom stereocenters. The van der Waals surface area contributed by atoms with Crippen LogP contribution < -0.4 is 0 Å². The van der Waals surface area contributed by atoms with Gasteiger partial charge in [-0.2, -0.15) is 0 Å². The van der Waals surface area contributed by atoms with Gasteiger partial charge in [0.15, 0.2) is 0 Å². The van der Waals surface area contributed by atoms with Crippen molar-refractivity contribution in [1.29, 1.82) is 0 Å². The normalized spacial score (nSPS) is 16.2. The van der Waals surface area contributed by atoms with E-state index in [4.69, 9.17) is 0 Å². The summed E-state index contributed by atoms with van der Waals surface area (Å²) in [5.74, 6) is 0. The maximum absolute atomic E-state index is 9.90. The predicted octanol–water partition coefficient (Wildman–Crippen LogP) is 2.44. The van der Waals surface area contributed by atoms with Crippen LogP contribution in [-0.2, 0) is 0 Å². The minimum absolute atomic E-state index is 0.134. The summed E-state index contributed by atoms with van der Waals surface area (Å²) in [7, 11) is -1.43. The molecule has 66 valence electrons. The van der Waals surface area contributed by atoms with Gasteiger partial charge in [-0.3, -0.25) is 0 Å². The van der Waals surface area contributed by atoms with Crippen LogP contribution in [0.3, 0.4) is 0 Å². The average Bonchev–Trinajstić information content (AvgIpc) is 1.84. The van der Waals surface area contributed by atoms with Crippen LogP contribution in [0.4, 0.5) is 0 Å². The van der Waals surface area contributed by atoms with Crippen molar-refractivity contribution in [2.24, 2.45) is 5.41 Å². The molecule has 0 radical (unpaired) electrons. The zero-order valence-electron chi connectivity index (χ0n) is 8.31. The van der Waals surface area contributed by atoms with Gasteiger partial charge in [-0.1, -0.05) is 39.6 Å². The van der Waals surface area contributed by atoms with Crippen molar-refractivity contribution < 1.29 is 5.11 Å². The van der Waals surface area contributed by atoms with Crippen LogP contribution in [0.1, 0.15) is 13.8 Å². The first-order chi connectivity index (χ1) is 4.72. The molecule has 1 unspecified atom stereocenters. The Morgan fingerprint density at radius 3 is 1.82 bits per heavy atom. The molecule has 0 saturated carbocycles. The number of aliphatic hydroxyl groups is 1. The topological polar surface area (TPSA) is 20.2 Å². The maximum atomic E-state index is 9.90. The molecular formula is C9H20OSi. The average molecular weight is 172 g/mol. The van der Waals surface area contributed by atoms with E-state index in [0.29, 0.717) is 0 Å². The fraction of sp³-hybridized carbons (Fsp3) is 0.778. The molecule has 2 heteroatoms. The van der Waals surface area contributed by atoms with Crippen molar-refractivity contribution in [1.82, 2.24) is 0 Å². The fourth-order valence-corrected chi connectivity index (χ4v) is 3.58. The monoisotopic (exact) mass is 172 g/mol.